The lowest BCUT2D eigenvalue weighted by Gasteiger charge is -2.34. The Kier molecular flexibility index (Phi) is 5.13. The van der Waals surface area contributed by atoms with Crippen molar-refractivity contribution in [2.75, 3.05) is 11.5 Å². The van der Waals surface area contributed by atoms with E-state index in [1.165, 1.54) is 0 Å². The average molecular weight is 363 g/mol. The van der Waals surface area contributed by atoms with Crippen LogP contribution in [0.3, 0.4) is 0 Å². The molecule has 0 radical (unpaired) electrons. The molecule has 1 heterocycles. The van der Waals surface area contributed by atoms with Crippen LogP contribution in [0.2, 0.25) is 0 Å². The molecule has 5 nitrogen and oxygen atoms in total. The van der Waals surface area contributed by atoms with Gasteiger partial charge in [0.25, 0.3) is 0 Å². The number of alkyl halides is 3. The van der Waals surface area contributed by atoms with Gasteiger partial charge in [0.05, 0.1) is 22.7 Å². The summed E-state index contributed by atoms with van der Waals surface area (Å²) in [5.41, 5.74) is 0. The average Bonchev–Trinajstić information content (AvgIpc) is 2.37. The predicted octanol–water partition coefficient (Wildman–Crippen LogP) is 1.60. The number of sulfonamides is 1. The highest BCUT2D eigenvalue weighted by Gasteiger charge is 2.47. The van der Waals surface area contributed by atoms with Gasteiger partial charge in [-0.05, 0) is 25.7 Å². The van der Waals surface area contributed by atoms with Crippen LogP contribution in [0.5, 0.6) is 0 Å². The van der Waals surface area contributed by atoms with Crippen molar-refractivity contribution < 1.29 is 30.0 Å². The van der Waals surface area contributed by atoms with Gasteiger partial charge in [-0.2, -0.15) is 13.2 Å². The van der Waals surface area contributed by atoms with Crippen LogP contribution in [0.15, 0.2) is 0 Å². The second-order valence-electron chi connectivity index (χ2n) is 6.05. The Hall–Kier alpha value is -0.350. The molecule has 130 valence electrons. The van der Waals surface area contributed by atoms with Crippen molar-refractivity contribution in [3.8, 4) is 0 Å². The molecule has 2 atom stereocenters. The van der Waals surface area contributed by atoms with Crippen LogP contribution in [-0.2, 0) is 19.9 Å². The Balaban J connectivity index is 2.07. The summed E-state index contributed by atoms with van der Waals surface area (Å²) in [6.07, 6.45) is -3.46. The maximum Gasteiger partial charge on any atom is 0.393 e. The van der Waals surface area contributed by atoms with Gasteiger partial charge in [-0.15, -0.1) is 0 Å². The molecular formula is C12H20F3NO4S2. The first-order valence-electron chi connectivity index (χ1n) is 7.29. The molecule has 0 aromatic heterocycles. The van der Waals surface area contributed by atoms with E-state index in [2.05, 4.69) is 4.72 Å². The SMILES string of the molecule is O=S1(=O)CCC(S(=O)(=O)N[C@@H]2CCCC[C@H]2C(F)(F)F)CC1. The maximum absolute atomic E-state index is 13.0. The van der Waals surface area contributed by atoms with Gasteiger partial charge in [-0.25, -0.2) is 21.6 Å². The highest BCUT2D eigenvalue weighted by molar-refractivity contribution is 7.92. The molecule has 22 heavy (non-hydrogen) atoms. The Morgan fingerprint density at radius 1 is 0.955 bits per heavy atom. The number of sulfone groups is 1. The third-order valence-electron chi connectivity index (χ3n) is 4.44. The number of hydrogen-bond acceptors (Lipinski definition) is 4. The van der Waals surface area contributed by atoms with E-state index in [0.717, 1.165) is 0 Å². The van der Waals surface area contributed by atoms with E-state index < -0.39 is 43.2 Å². The minimum atomic E-state index is -4.43. The molecule has 0 spiro atoms. The van der Waals surface area contributed by atoms with Crippen molar-refractivity contribution in [2.45, 2.75) is 56.0 Å². The Bertz CT molecular complexity index is 586. The van der Waals surface area contributed by atoms with E-state index in [0.29, 0.717) is 12.8 Å². The summed E-state index contributed by atoms with van der Waals surface area (Å²) in [6.45, 7) is 0. The maximum atomic E-state index is 13.0. The number of hydrogen-bond donors (Lipinski definition) is 1. The molecule has 1 N–H and O–H groups in total. The smallest absolute Gasteiger partial charge is 0.229 e. The third kappa shape index (κ3) is 4.35. The van der Waals surface area contributed by atoms with E-state index in [4.69, 9.17) is 0 Å². The first kappa shape index (κ1) is 18.0. The number of halogens is 3. The molecule has 1 saturated carbocycles. The van der Waals surface area contributed by atoms with Crippen molar-refractivity contribution in [3.63, 3.8) is 0 Å². The molecule has 1 saturated heterocycles. The fourth-order valence-corrected chi connectivity index (χ4v) is 6.69. The third-order valence-corrected chi connectivity index (χ3v) is 8.14. The van der Waals surface area contributed by atoms with Gasteiger partial charge < -0.3 is 0 Å². The summed E-state index contributed by atoms with van der Waals surface area (Å²) in [4.78, 5) is 0. The molecular weight excluding hydrogens is 343 g/mol. The normalized spacial score (nSPS) is 31.0. The van der Waals surface area contributed by atoms with Gasteiger partial charge >= 0.3 is 6.18 Å². The molecule has 2 rings (SSSR count). The number of nitrogens with one attached hydrogen (secondary N) is 1. The molecule has 0 amide bonds. The Labute approximate surface area is 128 Å². The van der Waals surface area contributed by atoms with E-state index in [1.807, 2.05) is 0 Å². The summed E-state index contributed by atoms with van der Waals surface area (Å²) >= 11 is 0. The zero-order chi connectivity index (χ0) is 16.6. The van der Waals surface area contributed by atoms with Crippen LogP contribution in [0, 0.1) is 5.92 Å². The van der Waals surface area contributed by atoms with Gasteiger partial charge in [-0.3, -0.25) is 0 Å². The van der Waals surface area contributed by atoms with Crippen LogP contribution < -0.4 is 4.72 Å². The largest absolute Gasteiger partial charge is 0.393 e. The molecule has 0 bridgehead atoms. The predicted molar refractivity (Wildman–Crippen MR) is 75.5 cm³/mol. The number of rotatable bonds is 3. The van der Waals surface area contributed by atoms with Gasteiger partial charge in [-0.1, -0.05) is 12.8 Å². The summed E-state index contributed by atoms with van der Waals surface area (Å²) in [7, 11) is -7.16. The lowest BCUT2D eigenvalue weighted by atomic mass is 9.85. The second kappa shape index (κ2) is 6.27. The summed E-state index contributed by atoms with van der Waals surface area (Å²) < 4.78 is 88.4. The fourth-order valence-electron chi connectivity index (χ4n) is 3.15. The zero-order valence-electron chi connectivity index (χ0n) is 12.0. The monoisotopic (exact) mass is 363 g/mol. The lowest BCUT2D eigenvalue weighted by Crippen LogP contribution is -2.51. The lowest BCUT2D eigenvalue weighted by molar-refractivity contribution is -0.187. The molecule has 0 aromatic rings. The fraction of sp³-hybridized carbons (Fsp3) is 1.00. The van der Waals surface area contributed by atoms with Crippen molar-refractivity contribution in [2.24, 2.45) is 5.92 Å². The van der Waals surface area contributed by atoms with Gasteiger partial charge in [0.2, 0.25) is 10.0 Å². The van der Waals surface area contributed by atoms with Gasteiger partial charge in [0.1, 0.15) is 9.84 Å². The Morgan fingerprint density at radius 2 is 1.50 bits per heavy atom. The van der Waals surface area contributed by atoms with Crippen LogP contribution in [0.4, 0.5) is 13.2 Å². The van der Waals surface area contributed by atoms with Gasteiger partial charge in [0, 0.05) is 6.04 Å². The molecule has 1 aliphatic heterocycles. The van der Waals surface area contributed by atoms with E-state index in [9.17, 15) is 30.0 Å². The molecule has 1 aliphatic carbocycles. The van der Waals surface area contributed by atoms with Crippen LogP contribution in [0.1, 0.15) is 38.5 Å². The first-order chi connectivity index (χ1) is 10.0. The molecule has 0 unspecified atom stereocenters. The highest BCUT2D eigenvalue weighted by atomic mass is 32.2. The van der Waals surface area contributed by atoms with E-state index >= 15 is 0 Å². The first-order valence-corrected chi connectivity index (χ1v) is 10.7. The highest BCUT2D eigenvalue weighted by Crippen LogP contribution is 2.38. The van der Waals surface area contributed by atoms with Crippen LogP contribution >= 0.6 is 0 Å². The van der Waals surface area contributed by atoms with Crippen molar-refractivity contribution >= 4 is 19.9 Å². The molecule has 2 aliphatic rings. The van der Waals surface area contributed by atoms with Crippen molar-refractivity contribution in [3.05, 3.63) is 0 Å². The Morgan fingerprint density at radius 3 is 2.05 bits per heavy atom. The van der Waals surface area contributed by atoms with Gasteiger partial charge in [0.15, 0.2) is 0 Å². The topological polar surface area (TPSA) is 80.3 Å². The summed E-state index contributed by atoms with van der Waals surface area (Å²) in [5.74, 6) is -2.12. The minimum absolute atomic E-state index is 0.0545. The quantitative estimate of drug-likeness (QED) is 0.826. The van der Waals surface area contributed by atoms with Crippen molar-refractivity contribution in [1.29, 1.82) is 0 Å². The molecule has 10 heteroatoms. The molecule has 0 aromatic carbocycles. The summed E-state index contributed by atoms with van der Waals surface area (Å²) in [5, 5.41) is -0.924. The van der Waals surface area contributed by atoms with E-state index in [-0.39, 0.29) is 37.2 Å². The van der Waals surface area contributed by atoms with Crippen LogP contribution in [0.25, 0.3) is 0 Å². The zero-order valence-corrected chi connectivity index (χ0v) is 13.6. The molecule has 2 fully saturated rings. The summed E-state index contributed by atoms with van der Waals surface area (Å²) in [6, 6.07) is -1.14. The minimum Gasteiger partial charge on any atom is -0.229 e. The second-order valence-corrected chi connectivity index (χ2v) is 10.3. The van der Waals surface area contributed by atoms with Crippen LogP contribution in [-0.4, -0.2) is 45.8 Å². The standard InChI is InChI=1S/C12H20F3NO4S2/c13-12(14,15)10-3-1-2-4-11(10)16-22(19,20)9-5-7-21(17,18)8-6-9/h9-11,16H,1-8H2/t10-,11-/m1/s1. The van der Waals surface area contributed by atoms with E-state index in [1.54, 1.807) is 0 Å². The van der Waals surface area contributed by atoms with Crippen molar-refractivity contribution in [1.82, 2.24) is 4.72 Å².